The second-order valence-electron chi connectivity index (χ2n) is 8.99. The molecule has 1 saturated carbocycles. The number of hydrogen-bond donors (Lipinski definition) is 0. The summed E-state index contributed by atoms with van der Waals surface area (Å²) in [6.07, 6.45) is 4.99. The summed E-state index contributed by atoms with van der Waals surface area (Å²) < 4.78 is 11.9. The fraction of sp³-hybridized carbons (Fsp3) is 0.379. The lowest BCUT2D eigenvalue weighted by atomic mass is 9.81. The molecule has 3 aromatic rings. The van der Waals surface area contributed by atoms with Gasteiger partial charge in [-0.1, -0.05) is 60.2 Å². The van der Waals surface area contributed by atoms with E-state index in [1.54, 1.807) is 0 Å². The van der Waals surface area contributed by atoms with Crippen LogP contribution in [0.15, 0.2) is 78.9 Å². The van der Waals surface area contributed by atoms with E-state index >= 15 is 0 Å². The first-order valence-corrected chi connectivity index (χ1v) is 11.8. The van der Waals surface area contributed by atoms with Gasteiger partial charge in [-0.15, -0.1) is 0 Å². The average Bonchev–Trinajstić information content (AvgIpc) is 2.85. The molecule has 0 radical (unpaired) electrons. The minimum Gasteiger partial charge on any atom is -0.492 e. The fourth-order valence-electron chi connectivity index (χ4n) is 4.55. The second-order valence-corrected chi connectivity index (χ2v) is 8.99. The van der Waals surface area contributed by atoms with E-state index in [1.807, 2.05) is 18.2 Å². The summed E-state index contributed by atoms with van der Waals surface area (Å²) in [7, 11) is 2.24. The van der Waals surface area contributed by atoms with Crippen LogP contribution in [0, 0.1) is 6.92 Å². The molecule has 3 nitrogen and oxygen atoms in total. The summed E-state index contributed by atoms with van der Waals surface area (Å²) in [5.74, 6) is 2.56. The standard InChI is InChI=1S/C29H35NO2/c1-23-8-16-28(17-9-23)31-21-20-30(2)27-14-10-25(11-15-27)26-12-18-29(19-13-26)32-22-24-6-4-3-5-7-24/h3-9,12-13,16-19,25,27H,10-11,14-15,20-22H2,1-2H3/t25-,27+. The zero-order valence-electron chi connectivity index (χ0n) is 19.4. The minimum atomic E-state index is 0.616. The van der Waals surface area contributed by atoms with Crippen molar-refractivity contribution >= 4 is 0 Å². The van der Waals surface area contributed by atoms with Crippen LogP contribution in [0.1, 0.15) is 48.3 Å². The minimum absolute atomic E-state index is 0.616. The van der Waals surface area contributed by atoms with Gasteiger partial charge in [-0.3, -0.25) is 0 Å². The van der Waals surface area contributed by atoms with E-state index in [0.717, 1.165) is 24.7 Å². The molecule has 3 heteroatoms. The van der Waals surface area contributed by atoms with Gasteiger partial charge in [-0.05, 0) is 81.0 Å². The highest BCUT2D eigenvalue weighted by atomic mass is 16.5. The molecule has 0 amide bonds. The Hall–Kier alpha value is -2.78. The zero-order chi connectivity index (χ0) is 22.2. The number of ether oxygens (including phenoxy) is 2. The highest BCUT2D eigenvalue weighted by molar-refractivity contribution is 5.30. The SMILES string of the molecule is Cc1ccc(OCCN(C)[C@H]2CC[C@@H](c3ccc(OCc4ccccc4)cc3)CC2)cc1. The molecule has 1 aliphatic carbocycles. The third kappa shape index (κ3) is 6.37. The average molecular weight is 430 g/mol. The lowest BCUT2D eigenvalue weighted by Gasteiger charge is -2.34. The molecular weight excluding hydrogens is 394 g/mol. The number of hydrogen-bond acceptors (Lipinski definition) is 3. The van der Waals surface area contributed by atoms with Crippen LogP contribution in [0.25, 0.3) is 0 Å². The van der Waals surface area contributed by atoms with Crippen molar-refractivity contribution in [1.82, 2.24) is 4.90 Å². The molecule has 4 rings (SSSR count). The maximum absolute atomic E-state index is 5.94. The maximum Gasteiger partial charge on any atom is 0.119 e. The van der Waals surface area contributed by atoms with Crippen LogP contribution in [0.4, 0.5) is 0 Å². The molecule has 3 aromatic carbocycles. The number of aryl methyl sites for hydroxylation is 1. The molecule has 32 heavy (non-hydrogen) atoms. The quantitative estimate of drug-likeness (QED) is 0.382. The molecular formula is C29H35NO2. The molecule has 168 valence electrons. The van der Waals surface area contributed by atoms with Gasteiger partial charge in [0.25, 0.3) is 0 Å². The van der Waals surface area contributed by atoms with Gasteiger partial charge in [0, 0.05) is 12.6 Å². The molecule has 0 saturated heterocycles. The molecule has 0 unspecified atom stereocenters. The predicted octanol–water partition coefficient (Wildman–Crippen LogP) is 6.61. The van der Waals surface area contributed by atoms with E-state index in [4.69, 9.17) is 9.47 Å². The van der Waals surface area contributed by atoms with Gasteiger partial charge >= 0.3 is 0 Å². The van der Waals surface area contributed by atoms with Gasteiger partial charge in [0.2, 0.25) is 0 Å². The van der Waals surface area contributed by atoms with Crippen molar-refractivity contribution in [2.75, 3.05) is 20.2 Å². The molecule has 0 N–H and O–H groups in total. The Morgan fingerprint density at radius 2 is 1.38 bits per heavy atom. The summed E-state index contributed by atoms with van der Waals surface area (Å²) in [5, 5.41) is 0. The van der Waals surface area contributed by atoms with Crippen molar-refractivity contribution in [2.24, 2.45) is 0 Å². The third-order valence-corrected chi connectivity index (χ3v) is 6.65. The van der Waals surface area contributed by atoms with E-state index in [2.05, 4.69) is 79.5 Å². The van der Waals surface area contributed by atoms with E-state index < -0.39 is 0 Å². The first-order chi connectivity index (χ1) is 15.7. The van der Waals surface area contributed by atoms with Crippen molar-refractivity contribution in [3.05, 3.63) is 95.6 Å². The normalized spacial score (nSPS) is 18.5. The molecule has 0 spiro atoms. The van der Waals surface area contributed by atoms with Gasteiger partial charge in [-0.25, -0.2) is 0 Å². The zero-order valence-corrected chi connectivity index (χ0v) is 19.4. The summed E-state index contributed by atoms with van der Waals surface area (Å²) in [4.78, 5) is 2.48. The van der Waals surface area contributed by atoms with Crippen molar-refractivity contribution in [2.45, 2.75) is 51.2 Å². The lowest BCUT2D eigenvalue weighted by molar-refractivity contribution is 0.154. The topological polar surface area (TPSA) is 21.7 Å². The van der Waals surface area contributed by atoms with Gasteiger partial charge in [0.1, 0.15) is 24.7 Å². The van der Waals surface area contributed by atoms with Gasteiger partial charge in [0.05, 0.1) is 0 Å². The van der Waals surface area contributed by atoms with E-state index in [9.17, 15) is 0 Å². The number of rotatable bonds is 9. The highest BCUT2D eigenvalue weighted by Crippen LogP contribution is 2.35. The Balaban J connectivity index is 1.18. The number of nitrogens with zero attached hydrogens (tertiary/aromatic N) is 1. The maximum atomic E-state index is 5.94. The summed E-state index contributed by atoms with van der Waals surface area (Å²) in [6.45, 7) is 4.42. The van der Waals surface area contributed by atoms with Gasteiger partial charge in [0.15, 0.2) is 0 Å². The lowest BCUT2D eigenvalue weighted by Crippen LogP contribution is -2.37. The van der Waals surface area contributed by atoms with Gasteiger partial charge in [-0.2, -0.15) is 0 Å². The molecule has 1 aliphatic rings. The first kappa shape index (κ1) is 22.4. The smallest absolute Gasteiger partial charge is 0.119 e. The molecule has 1 fully saturated rings. The number of likely N-dealkylation sites (N-methyl/N-ethyl adjacent to an activating group) is 1. The fourth-order valence-corrected chi connectivity index (χ4v) is 4.55. The molecule has 0 aromatic heterocycles. The summed E-state index contributed by atoms with van der Waals surface area (Å²) >= 11 is 0. The van der Waals surface area contributed by atoms with Crippen LogP contribution < -0.4 is 9.47 Å². The first-order valence-electron chi connectivity index (χ1n) is 11.8. The summed E-state index contributed by atoms with van der Waals surface area (Å²) in [5.41, 5.74) is 3.91. The van der Waals surface area contributed by atoms with Crippen LogP contribution in [-0.2, 0) is 6.61 Å². The van der Waals surface area contributed by atoms with Crippen molar-refractivity contribution in [3.63, 3.8) is 0 Å². The molecule has 0 bridgehead atoms. The van der Waals surface area contributed by atoms with Crippen LogP contribution in [-0.4, -0.2) is 31.1 Å². The Morgan fingerprint density at radius 3 is 2.06 bits per heavy atom. The Labute approximate surface area is 193 Å². The summed E-state index contributed by atoms with van der Waals surface area (Å²) in [6, 6.07) is 28.0. The third-order valence-electron chi connectivity index (χ3n) is 6.65. The largest absolute Gasteiger partial charge is 0.492 e. The van der Waals surface area contributed by atoms with Crippen LogP contribution in [0.5, 0.6) is 11.5 Å². The van der Waals surface area contributed by atoms with Crippen molar-refractivity contribution in [1.29, 1.82) is 0 Å². The highest BCUT2D eigenvalue weighted by Gasteiger charge is 2.24. The Kier molecular flexibility index (Phi) is 7.84. The van der Waals surface area contributed by atoms with Crippen LogP contribution >= 0.6 is 0 Å². The molecule has 0 heterocycles. The Bertz CT molecular complexity index is 929. The van der Waals surface area contributed by atoms with Crippen LogP contribution in [0.3, 0.4) is 0 Å². The van der Waals surface area contributed by atoms with Gasteiger partial charge < -0.3 is 14.4 Å². The van der Waals surface area contributed by atoms with Crippen molar-refractivity contribution in [3.8, 4) is 11.5 Å². The van der Waals surface area contributed by atoms with E-state index in [1.165, 1.54) is 42.4 Å². The molecule has 0 aliphatic heterocycles. The number of benzene rings is 3. The monoisotopic (exact) mass is 429 g/mol. The van der Waals surface area contributed by atoms with E-state index in [0.29, 0.717) is 18.6 Å². The molecule has 0 atom stereocenters. The van der Waals surface area contributed by atoms with Crippen molar-refractivity contribution < 1.29 is 9.47 Å². The Morgan fingerprint density at radius 1 is 0.750 bits per heavy atom. The predicted molar refractivity (Wildman–Crippen MR) is 132 cm³/mol. The van der Waals surface area contributed by atoms with Crippen LogP contribution in [0.2, 0.25) is 0 Å². The second kappa shape index (κ2) is 11.2. The van der Waals surface area contributed by atoms with E-state index in [-0.39, 0.29) is 0 Å².